The van der Waals surface area contributed by atoms with Crippen molar-refractivity contribution in [2.24, 2.45) is 0 Å². The molecule has 2 heterocycles. The van der Waals surface area contributed by atoms with Crippen molar-refractivity contribution in [3.05, 3.63) is 100 Å². The first-order valence-electron chi connectivity index (χ1n) is 10.2. The second kappa shape index (κ2) is 8.73. The summed E-state index contributed by atoms with van der Waals surface area (Å²) < 4.78 is 6.98. The standard InChI is InChI=1S/C25H17N5O2S/c1-16-6-10-18(11-7-16)23-28-22(32-29-23)15-33-25-27-21-5-3-2-4-20(21)24(31)30(25)19-12-8-17(14-26)9-13-19/h2-13H,15H2,1H3. The minimum atomic E-state index is -0.182. The molecular formula is C25H17N5O2S. The smallest absolute Gasteiger partial charge is 0.266 e. The summed E-state index contributed by atoms with van der Waals surface area (Å²) in [6.07, 6.45) is 0. The van der Waals surface area contributed by atoms with Crippen LogP contribution >= 0.6 is 11.8 Å². The van der Waals surface area contributed by atoms with Gasteiger partial charge in [-0.2, -0.15) is 10.2 Å². The second-order valence-corrected chi connectivity index (χ2v) is 8.32. The summed E-state index contributed by atoms with van der Waals surface area (Å²) in [7, 11) is 0. The summed E-state index contributed by atoms with van der Waals surface area (Å²) >= 11 is 1.34. The van der Waals surface area contributed by atoms with Crippen molar-refractivity contribution in [2.45, 2.75) is 17.8 Å². The lowest BCUT2D eigenvalue weighted by atomic mass is 10.1. The summed E-state index contributed by atoms with van der Waals surface area (Å²) in [5, 5.41) is 14.2. The minimum Gasteiger partial charge on any atom is -0.338 e. The van der Waals surface area contributed by atoms with Gasteiger partial charge in [-0.05, 0) is 43.3 Å². The van der Waals surface area contributed by atoms with Crippen LogP contribution in [0.1, 0.15) is 17.0 Å². The summed E-state index contributed by atoms with van der Waals surface area (Å²) in [4.78, 5) is 22.5. The molecule has 0 unspecified atom stereocenters. The molecule has 0 spiro atoms. The molecule has 0 fully saturated rings. The molecule has 8 heteroatoms. The lowest BCUT2D eigenvalue weighted by molar-refractivity contribution is 0.391. The first kappa shape index (κ1) is 20.7. The zero-order chi connectivity index (χ0) is 22.8. The third kappa shape index (κ3) is 4.14. The number of fused-ring (bicyclic) bond motifs is 1. The van der Waals surface area contributed by atoms with Gasteiger partial charge in [0, 0.05) is 5.56 Å². The van der Waals surface area contributed by atoms with Crippen LogP contribution in [0.3, 0.4) is 0 Å². The Morgan fingerprint density at radius 3 is 2.52 bits per heavy atom. The number of hydrogen-bond acceptors (Lipinski definition) is 7. The van der Waals surface area contributed by atoms with E-state index in [-0.39, 0.29) is 5.56 Å². The predicted octanol–water partition coefficient (Wildman–Crippen LogP) is 4.91. The van der Waals surface area contributed by atoms with Gasteiger partial charge in [0.1, 0.15) is 0 Å². The van der Waals surface area contributed by atoms with Crippen molar-refractivity contribution in [2.75, 3.05) is 0 Å². The van der Waals surface area contributed by atoms with Crippen LogP contribution in [0.4, 0.5) is 0 Å². The first-order chi connectivity index (χ1) is 16.1. The number of aromatic nitrogens is 4. The van der Waals surface area contributed by atoms with Crippen molar-refractivity contribution in [1.29, 1.82) is 5.26 Å². The van der Waals surface area contributed by atoms with E-state index in [1.54, 1.807) is 34.9 Å². The molecule has 0 radical (unpaired) electrons. The number of rotatable bonds is 5. The molecule has 0 aliphatic rings. The number of nitriles is 1. The highest BCUT2D eigenvalue weighted by atomic mass is 32.2. The number of hydrogen-bond donors (Lipinski definition) is 0. The monoisotopic (exact) mass is 451 g/mol. The fourth-order valence-electron chi connectivity index (χ4n) is 3.38. The number of benzene rings is 3. The lowest BCUT2D eigenvalue weighted by Crippen LogP contribution is -2.21. The Hall–Kier alpha value is -4.22. The van der Waals surface area contributed by atoms with E-state index in [1.165, 1.54) is 11.8 Å². The van der Waals surface area contributed by atoms with Gasteiger partial charge in [0.25, 0.3) is 5.56 Å². The Balaban J connectivity index is 1.50. The van der Waals surface area contributed by atoms with E-state index in [4.69, 9.17) is 14.8 Å². The number of para-hydroxylation sites is 1. The van der Waals surface area contributed by atoms with E-state index < -0.39 is 0 Å². The van der Waals surface area contributed by atoms with Gasteiger partial charge >= 0.3 is 0 Å². The van der Waals surface area contributed by atoms with Gasteiger partial charge in [0.2, 0.25) is 11.7 Å². The molecule has 0 saturated heterocycles. The Kier molecular flexibility index (Phi) is 5.47. The zero-order valence-electron chi connectivity index (χ0n) is 17.6. The van der Waals surface area contributed by atoms with E-state index in [1.807, 2.05) is 49.4 Å². The van der Waals surface area contributed by atoms with Crippen LogP contribution in [-0.4, -0.2) is 19.7 Å². The van der Waals surface area contributed by atoms with Crippen LogP contribution in [0.25, 0.3) is 28.0 Å². The molecule has 0 bridgehead atoms. The molecule has 160 valence electrons. The van der Waals surface area contributed by atoms with Crippen molar-refractivity contribution in [1.82, 2.24) is 19.7 Å². The third-order valence-corrected chi connectivity index (χ3v) is 6.03. The summed E-state index contributed by atoms with van der Waals surface area (Å²) in [5.41, 5.74) is 3.61. The maximum Gasteiger partial charge on any atom is 0.266 e. The Bertz CT molecular complexity index is 1550. The van der Waals surface area contributed by atoms with Crippen molar-refractivity contribution in [3.63, 3.8) is 0 Å². The van der Waals surface area contributed by atoms with Crippen molar-refractivity contribution < 1.29 is 4.52 Å². The Morgan fingerprint density at radius 1 is 1.00 bits per heavy atom. The van der Waals surface area contributed by atoms with Crippen LogP contribution in [0.2, 0.25) is 0 Å². The molecule has 0 atom stereocenters. The van der Waals surface area contributed by atoms with Gasteiger partial charge in [-0.1, -0.05) is 58.9 Å². The number of aryl methyl sites for hydroxylation is 1. The molecular weight excluding hydrogens is 434 g/mol. The normalized spacial score (nSPS) is 10.9. The highest BCUT2D eigenvalue weighted by Crippen LogP contribution is 2.25. The molecule has 5 rings (SSSR count). The van der Waals surface area contributed by atoms with Gasteiger partial charge < -0.3 is 4.52 Å². The van der Waals surface area contributed by atoms with Crippen molar-refractivity contribution in [3.8, 4) is 23.1 Å². The van der Waals surface area contributed by atoms with Gasteiger partial charge in [-0.15, -0.1) is 0 Å². The second-order valence-electron chi connectivity index (χ2n) is 7.38. The SMILES string of the molecule is Cc1ccc(-c2noc(CSc3nc4ccccc4c(=O)n3-c3ccc(C#N)cc3)n2)cc1. The highest BCUT2D eigenvalue weighted by Gasteiger charge is 2.16. The van der Waals surface area contributed by atoms with Gasteiger partial charge in [-0.3, -0.25) is 9.36 Å². The maximum absolute atomic E-state index is 13.3. The summed E-state index contributed by atoms with van der Waals surface area (Å²) in [6.45, 7) is 2.02. The van der Waals surface area contributed by atoms with Crippen molar-refractivity contribution >= 4 is 22.7 Å². The van der Waals surface area contributed by atoms with E-state index in [0.717, 1.165) is 11.1 Å². The average molecular weight is 452 g/mol. The van der Waals surface area contributed by atoms with E-state index in [9.17, 15) is 4.79 Å². The highest BCUT2D eigenvalue weighted by molar-refractivity contribution is 7.98. The molecule has 0 N–H and O–H groups in total. The predicted molar refractivity (Wildman–Crippen MR) is 126 cm³/mol. The zero-order valence-corrected chi connectivity index (χ0v) is 18.4. The number of thioether (sulfide) groups is 1. The molecule has 7 nitrogen and oxygen atoms in total. The molecule has 0 amide bonds. The van der Waals surface area contributed by atoms with Crippen LogP contribution in [0.15, 0.2) is 87.3 Å². The fraction of sp³-hybridized carbons (Fsp3) is 0.0800. The van der Waals surface area contributed by atoms with Gasteiger partial charge in [-0.25, -0.2) is 4.98 Å². The van der Waals surface area contributed by atoms with E-state index >= 15 is 0 Å². The quantitative estimate of drug-likeness (QED) is 0.277. The van der Waals surface area contributed by atoms with E-state index in [0.29, 0.717) is 44.8 Å². The van der Waals surface area contributed by atoms with Crippen LogP contribution < -0.4 is 5.56 Å². The first-order valence-corrected chi connectivity index (χ1v) is 11.2. The minimum absolute atomic E-state index is 0.182. The summed E-state index contributed by atoms with van der Waals surface area (Å²) in [5.74, 6) is 1.30. The molecule has 0 saturated carbocycles. The molecule has 2 aromatic heterocycles. The molecule has 33 heavy (non-hydrogen) atoms. The molecule has 3 aromatic carbocycles. The fourth-order valence-corrected chi connectivity index (χ4v) is 4.23. The largest absolute Gasteiger partial charge is 0.338 e. The maximum atomic E-state index is 13.3. The molecule has 0 aliphatic carbocycles. The summed E-state index contributed by atoms with van der Waals surface area (Å²) in [6, 6.07) is 24.0. The topological polar surface area (TPSA) is 97.6 Å². The Morgan fingerprint density at radius 2 is 1.76 bits per heavy atom. The third-order valence-electron chi connectivity index (χ3n) is 5.10. The van der Waals surface area contributed by atoms with Crippen LogP contribution in [0.5, 0.6) is 0 Å². The Labute approximate surface area is 193 Å². The van der Waals surface area contributed by atoms with Crippen LogP contribution in [-0.2, 0) is 5.75 Å². The molecule has 0 aliphatic heterocycles. The average Bonchev–Trinajstić information content (AvgIpc) is 3.32. The number of nitrogens with zero attached hydrogens (tertiary/aromatic N) is 5. The van der Waals surface area contributed by atoms with E-state index in [2.05, 4.69) is 16.2 Å². The lowest BCUT2D eigenvalue weighted by Gasteiger charge is -2.12. The van der Waals surface area contributed by atoms with Crippen LogP contribution in [0, 0.1) is 18.3 Å². The molecule has 5 aromatic rings. The van der Waals surface area contributed by atoms with Gasteiger partial charge in [0.15, 0.2) is 5.16 Å². The van der Waals surface area contributed by atoms with Gasteiger partial charge in [0.05, 0.1) is 34.0 Å².